The quantitative estimate of drug-likeness (QED) is 0.698. The summed E-state index contributed by atoms with van der Waals surface area (Å²) in [6, 6.07) is 17.2. The summed E-state index contributed by atoms with van der Waals surface area (Å²) in [5.74, 6) is -1.97. The average molecular weight is 406 g/mol. The van der Waals surface area contributed by atoms with Crippen molar-refractivity contribution in [3.05, 3.63) is 65.7 Å². The number of hydrogen-bond donors (Lipinski definition) is 2. The van der Waals surface area contributed by atoms with E-state index < -0.39 is 17.4 Å². The number of quaternary nitrogens is 1. The van der Waals surface area contributed by atoms with E-state index in [1.165, 1.54) is 4.90 Å². The van der Waals surface area contributed by atoms with Crippen molar-refractivity contribution in [3.8, 4) is 0 Å². The molecule has 30 heavy (non-hydrogen) atoms. The number of benzene rings is 2. The predicted molar refractivity (Wildman–Crippen MR) is 108 cm³/mol. The molecular formula is C23H24N3O4+. The molecule has 3 aliphatic heterocycles. The number of fused-ring (bicyclic) bond motifs is 4. The van der Waals surface area contributed by atoms with Gasteiger partial charge in [-0.2, -0.15) is 0 Å². The van der Waals surface area contributed by atoms with Crippen LogP contribution in [0.2, 0.25) is 0 Å². The van der Waals surface area contributed by atoms with E-state index in [1.54, 1.807) is 7.11 Å². The van der Waals surface area contributed by atoms with Crippen molar-refractivity contribution in [2.24, 2.45) is 11.8 Å². The van der Waals surface area contributed by atoms with Crippen molar-refractivity contribution in [3.63, 3.8) is 0 Å². The number of nitrogens with two attached hydrogens (primary N) is 1. The van der Waals surface area contributed by atoms with Crippen LogP contribution in [0.25, 0.3) is 0 Å². The molecule has 0 aromatic heterocycles. The Balaban J connectivity index is 1.60. The van der Waals surface area contributed by atoms with Gasteiger partial charge in [0.1, 0.15) is 17.9 Å². The third-order valence-electron chi connectivity index (χ3n) is 6.70. The largest absolute Gasteiger partial charge is 0.383 e. The van der Waals surface area contributed by atoms with Crippen LogP contribution in [0.1, 0.15) is 11.1 Å². The second-order valence-electron chi connectivity index (χ2n) is 8.21. The van der Waals surface area contributed by atoms with Crippen molar-refractivity contribution in [1.82, 2.24) is 4.90 Å². The lowest BCUT2D eigenvalue weighted by Crippen LogP contribution is -2.99. The van der Waals surface area contributed by atoms with Gasteiger partial charge < -0.3 is 15.4 Å². The predicted octanol–water partition coefficient (Wildman–Crippen LogP) is 0.270. The number of imide groups is 1. The SMILES string of the molecule is COCCN1C(=O)[C@@H]2[C@H](Cc3ccccc3)[NH2+][C@@]3(C(=O)Nc4ccccc43)[C@@H]2C1=O. The summed E-state index contributed by atoms with van der Waals surface area (Å²) in [4.78, 5) is 41.4. The zero-order valence-electron chi connectivity index (χ0n) is 16.7. The van der Waals surface area contributed by atoms with Crippen molar-refractivity contribution in [2.75, 3.05) is 25.6 Å². The topological polar surface area (TPSA) is 92.3 Å². The first-order valence-corrected chi connectivity index (χ1v) is 10.2. The third kappa shape index (κ3) is 2.55. The van der Waals surface area contributed by atoms with Crippen LogP contribution in [0.5, 0.6) is 0 Å². The summed E-state index contributed by atoms with van der Waals surface area (Å²) in [6.07, 6.45) is 0.607. The summed E-state index contributed by atoms with van der Waals surface area (Å²) in [7, 11) is 1.54. The van der Waals surface area contributed by atoms with Gasteiger partial charge in [-0.1, -0.05) is 48.5 Å². The summed E-state index contributed by atoms with van der Waals surface area (Å²) < 4.78 is 5.11. The summed E-state index contributed by atoms with van der Waals surface area (Å²) in [5, 5.41) is 4.92. The molecule has 2 aromatic carbocycles. The number of anilines is 1. The fraction of sp³-hybridized carbons (Fsp3) is 0.348. The van der Waals surface area contributed by atoms with Gasteiger partial charge in [0, 0.05) is 19.1 Å². The molecule has 3 N–H and O–H groups in total. The fourth-order valence-corrected chi connectivity index (χ4v) is 5.46. The summed E-state index contributed by atoms with van der Waals surface area (Å²) in [5.41, 5.74) is 1.47. The molecule has 0 radical (unpaired) electrons. The monoisotopic (exact) mass is 406 g/mol. The van der Waals surface area contributed by atoms with Gasteiger partial charge in [-0.3, -0.25) is 19.3 Å². The Kier molecular flexibility index (Phi) is 4.45. The number of nitrogens with one attached hydrogen (secondary N) is 1. The molecule has 0 saturated carbocycles. The molecule has 4 atom stereocenters. The highest BCUT2D eigenvalue weighted by atomic mass is 16.5. The van der Waals surface area contributed by atoms with Crippen LogP contribution in [0.15, 0.2) is 54.6 Å². The second kappa shape index (κ2) is 7.04. The van der Waals surface area contributed by atoms with E-state index in [0.29, 0.717) is 12.1 Å². The van der Waals surface area contributed by atoms with E-state index >= 15 is 0 Å². The van der Waals surface area contributed by atoms with Crippen LogP contribution in [-0.2, 0) is 31.1 Å². The summed E-state index contributed by atoms with van der Waals surface area (Å²) >= 11 is 0. The number of para-hydroxylation sites is 1. The molecule has 3 amide bonds. The van der Waals surface area contributed by atoms with Gasteiger partial charge in [0.15, 0.2) is 0 Å². The smallest absolute Gasteiger partial charge is 0.291 e. The first-order valence-electron chi connectivity index (χ1n) is 10.2. The molecule has 3 aliphatic rings. The van der Waals surface area contributed by atoms with Gasteiger partial charge in [-0.25, -0.2) is 0 Å². The second-order valence-corrected chi connectivity index (χ2v) is 8.21. The molecule has 7 nitrogen and oxygen atoms in total. The van der Waals surface area contributed by atoms with Crippen LogP contribution in [0.3, 0.4) is 0 Å². The number of carbonyl (C=O) groups is 3. The minimum Gasteiger partial charge on any atom is -0.383 e. The van der Waals surface area contributed by atoms with Crippen molar-refractivity contribution in [1.29, 1.82) is 0 Å². The van der Waals surface area contributed by atoms with Crippen LogP contribution >= 0.6 is 0 Å². The van der Waals surface area contributed by atoms with Gasteiger partial charge >= 0.3 is 0 Å². The van der Waals surface area contributed by atoms with E-state index in [4.69, 9.17) is 4.74 Å². The van der Waals surface area contributed by atoms with Gasteiger partial charge in [0.25, 0.3) is 5.91 Å². The van der Waals surface area contributed by atoms with Crippen LogP contribution < -0.4 is 10.6 Å². The molecule has 2 fully saturated rings. The maximum absolute atomic E-state index is 13.5. The molecule has 3 heterocycles. The van der Waals surface area contributed by atoms with Crippen LogP contribution in [0, 0.1) is 11.8 Å². The normalized spacial score (nSPS) is 29.4. The minimum absolute atomic E-state index is 0.201. The maximum Gasteiger partial charge on any atom is 0.291 e. The van der Waals surface area contributed by atoms with E-state index in [0.717, 1.165) is 11.1 Å². The van der Waals surface area contributed by atoms with Crippen LogP contribution in [0.4, 0.5) is 5.69 Å². The number of methoxy groups -OCH3 is 1. The zero-order valence-corrected chi connectivity index (χ0v) is 16.7. The Morgan fingerprint density at radius 2 is 1.77 bits per heavy atom. The van der Waals surface area contributed by atoms with E-state index in [1.807, 2.05) is 59.9 Å². The highest BCUT2D eigenvalue weighted by Gasteiger charge is 2.73. The number of rotatable bonds is 5. The fourth-order valence-electron chi connectivity index (χ4n) is 5.46. The first-order chi connectivity index (χ1) is 14.6. The Bertz CT molecular complexity index is 1020. The molecule has 154 valence electrons. The molecular weight excluding hydrogens is 382 g/mol. The van der Waals surface area contributed by atoms with Gasteiger partial charge in [0.2, 0.25) is 17.4 Å². The number of carbonyl (C=O) groups excluding carboxylic acids is 3. The summed E-state index contributed by atoms with van der Waals surface area (Å²) in [6.45, 7) is 0.484. The Morgan fingerprint density at radius 3 is 2.53 bits per heavy atom. The van der Waals surface area contributed by atoms with E-state index in [9.17, 15) is 14.4 Å². The maximum atomic E-state index is 13.5. The van der Waals surface area contributed by atoms with Gasteiger partial charge in [-0.05, 0) is 11.6 Å². The van der Waals surface area contributed by atoms with Gasteiger partial charge in [0.05, 0.1) is 18.8 Å². The minimum atomic E-state index is -1.12. The Morgan fingerprint density at radius 1 is 1.03 bits per heavy atom. The molecule has 2 saturated heterocycles. The Labute approximate surface area is 174 Å². The number of nitrogens with zero attached hydrogens (tertiary/aromatic N) is 1. The lowest BCUT2D eigenvalue weighted by atomic mass is 9.76. The number of amides is 3. The lowest BCUT2D eigenvalue weighted by Gasteiger charge is -2.26. The molecule has 5 rings (SSSR count). The zero-order chi connectivity index (χ0) is 20.9. The molecule has 0 unspecified atom stereocenters. The number of hydrogen-bond acceptors (Lipinski definition) is 4. The van der Waals surface area contributed by atoms with Crippen LogP contribution in [-0.4, -0.2) is 48.9 Å². The lowest BCUT2D eigenvalue weighted by molar-refractivity contribution is -0.733. The molecule has 0 aliphatic carbocycles. The average Bonchev–Trinajstić information content (AvgIpc) is 3.33. The van der Waals surface area contributed by atoms with Crippen molar-refractivity contribution >= 4 is 23.4 Å². The third-order valence-corrected chi connectivity index (χ3v) is 6.70. The molecule has 2 aromatic rings. The number of likely N-dealkylation sites (tertiary alicyclic amines) is 1. The van der Waals surface area contributed by atoms with Gasteiger partial charge in [-0.15, -0.1) is 0 Å². The van der Waals surface area contributed by atoms with E-state index in [2.05, 4.69) is 5.32 Å². The van der Waals surface area contributed by atoms with Crippen molar-refractivity contribution in [2.45, 2.75) is 18.0 Å². The highest BCUT2D eigenvalue weighted by Crippen LogP contribution is 2.49. The number of ether oxygens (including phenoxy) is 1. The highest BCUT2D eigenvalue weighted by molar-refractivity contribution is 6.13. The Hall–Kier alpha value is -3.03. The molecule has 7 heteroatoms. The first kappa shape index (κ1) is 19.0. The molecule has 1 spiro atoms. The molecule has 0 bridgehead atoms. The van der Waals surface area contributed by atoms with Crippen molar-refractivity contribution < 1.29 is 24.4 Å². The standard InChI is InChI=1S/C23H23N3O4/c1-30-12-11-26-20(27)18-17(13-14-7-3-2-4-8-14)25-23(19(18)21(26)28)15-9-5-6-10-16(15)24-22(23)29/h2-10,17-19,25H,11-13H2,1H3,(H,24,29)/p+1/t17-,18+,19-,23+/m0/s1. The van der Waals surface area contributed by atoms with E-state index in [-0.39, 0.29) is 36.9 Å².